The largest absolute Gasteiger partial charge is 0.507 e. The first-order chi connectivity index (χ1) is 15.5. The molecule has 6 nitrogen and oxygen atoms in total. The lowest BCUT2D eigenvalue weighted by molar-refractivity contribution is -0.139. The van der Waals surface area contributed by atoms with E-state index in [1.807, 2.05) is 24.3 Å². The summed E-state index contributed by atoms with van der Waals surface area (Å²) >= 11 is 0. The number of carbonyl (C=O) groups is 2. The Morgan fingerprint density at radius 1 is 1.16 bits per heavy atom. The van der Waals surface area contributed by atoms with Crippen LogP contribution in [0.2, 0.25) is 0 Å². The van der Waals surface area contributed by atoms with Crippen molar-refractivity contribution in [3.8, 4) is 11.5 Å². The highest BCUT2D eigenvalue weighted by atomic mass is 16.5. The summed E-state index contributed by atoms with van der Waals surface area (Å²) in [5.41, 5.74) is 2.43. The number of methoxy groups -OCH3 is 1. The number of amides is 1. The minimum Gasteiger partial charge on any atom is -0.507 e. The molecule has 0 aliphatic carbocycles. The molecule has 1 saturated heterocycles. The van der Waals surface area contributed by atoms with E-state index in [4.69, 9.17) is 9.47 Å². The summed E-state index contributed by atoms with van der Waals surface area (Å²) < 4.78 is 10.9. The second kappa shape index (κ2) is 9.47. The second-order valence-electron chi connectivity index (χ2n) is 8.25. The van der Waals surface area contributed by atoms with Gasteiger partial charge in [-0.25, -0.2) is 0 Å². The molecule has 1 unspecified atom stereocenters. The number of hydrogen-bond acceptors (Lipinski definition) is 5. The number of hydrogen-bond donors (Lipinski definition) is 1. The van der Waals surface area contributed by atoms with Gasteiger partial charge in [0.05, 0.1) is 25.3 Å². The molecule has 1 N–H and O–H groups in total. The smallest absolute Gasteiger partial charge is 0.295 e. The first-order valence-electron chi connectivity index (χ1n) is 11.2. The van der Waals surface area contributed by atoms with Gasteiger partial charge in [0.15, 0.2) is 0 Å². The van der Waals surface area contributed by atoms with Gasteiger partial charge in [0.2, 0.25) is 0 Å². The summed E-state index contributed by atoms with van der Waals surface area (Å²) in [7, 11) is 1.59. The van der Waals surface area contributed by atoms with Crippen LogP contribution >= 0.6 is 0 Å². The number of fused-ring (bicyclic) bond motifs is 1. The maximum absolute atomic E-state index is 13.1. The van der Waals surface area contributed by atoms with E-state index in [1.165, 1.54) is 0 Å². The van der Waals surface area contributed by atoms with Crippen LogP contribution in [0.15, 0.2) is 48.0 Å². The molecule has 1 fully saturated rings. The Morgan fingerprint density at radius 3 is 2.66 bits per heavy atom. The van der Waals surface area contributed by atoms with Crippen molar-refractivity contribution in [2.45, 2.75) is 45.1 Å². The highest BCUT2D eigenvalue weighted by Crippen LogP contribution is 2.40. The summed E-state index contributed by atoms with van der Waals surface area (Å²) in [6.45, 7) is 3.23. The third-order valence-corrected chi connectivity index (χ3v) is 6.16. The molecule has 32 heavy (non-hydrogen) atoms. The molecule has 0 radical (unpaired) electrons. The van der Waals surface area contributed by atoms with Gasteiger partial charge in [-0.15, -0.1) is 0 Å². The van der Waals surface area contributed by atoms with Crippen LogP contribution in [0, 0.1) is 0 Å². The number of aliphatic hydroxyl groups excluding tert-OH is 1. The van der Waals surface area contributed by atoms with Crippen LogP contribution in [0.1, 0.15) is 55.3 Å². The van der Waals surface area contributed by atoms with Crippen molar-refractivity contribution >= 4 is 17.4 Å². The normalized spacial score (nSPS) is 19.6. The van der Waals surface area contributed by atoms with Crippen molar-refractivity contribution in [2.75, 3.05) is 20.3 Å². The standard InChI is InChI=1S/C26H29NO5/c1-3-4-5-14-27-23(17-8-11-20(31-2)12-9-17)22(25(29)26(27)30)24(28)19-10-13-21-18(16-19)7-6-15-32-21/h8-13,16,23,28H,3-7,14-15H2,1-2H3/b24-22-. The number of unbranched alkanes of at least 4 members (excludes halogenated alkanes) is 2. The minimum atomic E-state index is -0.645. The number of ketones is 1. The number of carbonyl (C=O) groups excluding carboxylic acids is 2. The molecule has 0 spiro atoms. The van der Waals surface area contributed by atoms with E-state index >= 15 is 0 Å². The van der Waals surface area contributed by atoms with Crippen molar-refractivity contribution in [1.29, 1.82) is 0 Å². The molecular formula is C26H29NO5. The fraction of sp³-hybridized carbons (Fsp3) is 0.385. The molecule has 2 aliphatic heterocycles. The second-order valence-corrected chi connectivity index (χ2v) is 8.25. The Hall–Kier alpha value is -3.28. The molecule has 2 aliphatic rings. The predicted molar refractivity (Wildman–Crippen MR) is 122 cm³/mol. The Bertz CT molecular complexity index is 1040. The molecule has 2 aromatic rings. The average Bonchev–Trinajstić information content (AvgIpc) is 3.08. The Kier molecular flexibility index (Phi) is 6.49. The highest BCUT2D eigenvalue weighted by Gasteiger charge is 2.45. The van der Waals surface area contributed by atoms with Crippen molar-refractivity contribution in [1.82, 2.24) is 4.90 Å². The number of aryl methyl sites for hydroxylation is 1. The van der Waals surface area contributed by atoms with Gasteiger partial charge < -0.3 is 19.5 Å². The fourth-order valence-corrected chi connectivity index (χ4v) is 4.44. The number of aliphatic hydroxyl groups is 1. The summed E-state index contributed by atoms with van der Waals surface area (Å²) in [5.74, 6) is 0.139. The SMILES string of the molecule is CCCCCN1C(=O)C(=O)/C(=C(\O)c2ccc3c(c2)CCCO3)C1c1ccc(OC)cc1. The molecule has 0 aromatic heterocycles. The molecule has 2 aromatic carbocycles. The van der Waals surface area contributed by atoms with Gasteiger partial charge in [-0.2, -0.15) is 0 Å². The van der Waals surface area contributed by atoms with E-state index in [1.54, 1.807) is 30.2 Å². The van der Waals surface area contributed by atoms with Gasteiger partial charge >= 0.3 is 0 Å². The quantitative estimate of drug-likeness (QED) is 0.297. The van der Waals surface area contributed by atoms with Crippen LogP contribution < -0.4 is 9.47 Å². The van der Waals surface area contributed by atoms with Gasteiger partial charge in [-0.3, -0.25) is 9.59 Å². The van der Waals surface area contributed by atoms with Gasteiger partial charge in [-0.05, 0) is 60.7 Å². The van der Waals surface area contributed by atoms with Crippen LogP contribution in [0.4, 0.5) is 0 Å². The number of benzene rings is 2. The summed E-state index contributed by atoms with van der Waals surface area (Å²) in [5, 5.41) is 11.2. The van der Waals surface area contributed by atoms with E-state index in [0.29, 0.717) is 24.5 Å². The van der Waals surface area contributed by atoms with Crippen molar-refractivity contribution in [3.05, 3.63) is 64.7 Å². The number of likely N-dealkylation sites (tertiary alicyclic amines) is 1. The number of nitrogens with zero attached hydrogens (tertiary/aromatic N) is 1. The predicted octanol–water partition coefficient (Wildman–Crippen LogP) is 4.63. The first kappa shape index (κ1) is 21.9. The van der Waals surface area contributed by atoms with E-state index in [2.05, 4.69) is 6.92 Å². The first-order valence-corrected chi connectivity index (χ1v) is 11.2. The molecule has 2 heterocycles. The van der Waals surface area contributed by atoms with E-state index in [9.17, 15) is 14.7 Å². The minimum absolute atomic E-state index is 0.133. The summed E-state index contributed by atoms with van der Waals surface area (Å²) in [6, 6.07) is 12.1. The third-order valence-electron chi connectivity index (χ3n) is 6.16. The van der Waals surface area contributed by atoms with Crippen LogP contribution in [0.5, 0.6) is 11.5 Å². The van der Waals surface area contributed by atoms with Crippen LogP contribution in [0.25, 0.3) is 5.76 Å². The van der Waals surface area contributed by atoms with Crippen molar-refractivity contribution in [2.24, 2.45) is 0 Å². The van der Waals surface area contributed by atoms with Crippen molar-refractivity contribution < 1.29 is 24.2 Å². The van der Waals surface area contributed by atoms with Gasteiger partial charge in [0, 0.05) is 12.1 Å². The molecule has 6 heteroatoms. The monoisotopic (exact) mass is 435 g/mol. The Balaban J connectivity index is 1.79. The number of ether oxygens (including phenoxy) is 2. The average molecular weight is 436 g/mol. The zero-order valence-electron chi connectivity index (χ0n) is 18.6. The third kappa shape index (κ3) is 4.09. The molecule has 0 saturated carbocycles. The zero-order chi connectivity index (χ0) is 22.7. The topological polar surface area (TPSA) is 76.1 Å². The highest BCUT2D eigenvalue weighted by molar-refractivity contribution is 6.46. The molecule has 4 rings (SSSR count). The van der Waals surface area contributed by atoms with Gasteiger partial charge in [0.25, 0.3) is 11.7 Å². The van der Waals surface area contributed by atoms with E-state index in [0.717, 1.165) is 49.0 Å². The fourth-order valence-electron chi connectivity index (χ4n) is 4.44. The van der Waals surface area contributed by atoms with E-state index in [-0.39, 0.29) is 11.3 Å². The number of rotatable bonds is 7. The maximum atomic E-state index is 13.1. The van der Waals surface area contributed by atoms with Crippen LogP contribution in [-0.4, -0.2) is 42.0 Å². The van der Waals surface area contributed by atoms with Gasteiger partial charge in [-0.1, -0.05) is 31.9 Å². The lowest BCUT2D eigenvalue weighted by Crippen LogP contribution is -2.30. The Labute approximate surface area is 188 Å². The zero-order valence-corrected chi connectivity index (χ0v) is 18.6. The molecule has 168 valence electrons. The van der Waals surface area contributed by atoms with Crippen LogP contribution in [0.3, 0.4) is 0 Å². The molecule has 1 atom stereocenters. The maximum Gasteiger partial charge on any atom is 0.295 e. The molecule has 0 bridgehead atoms. The van der Waals surface area contributed by atoms with Crippen molar-refractivity contribution in [3.63, 3.8) is 0 Å². The lowest BCUT2D eigenvalue weighted by Gasteiger charge is -2.25. The lowest BCUT2D eigenvalue weighted by atomic mass is 9.94. The Morgan fingerprint density at radius 2 is 1.94 bits per heavy atom. The van der Waals surface area contributed by atoms with Gasteiger partial charge in [0.1, 0.15) is 17.3 Å². The summed E-state index contributed by atoms with van der Waals surface area (Å²) in [4.78, 5) is 27.7. The molecular weight excluding hydrogens is 406 g/mol. The van der Waals surface area contributed by atoms with E-state index < -0.39 is 17.7 Å². The molecule has 1 amide bonds. The summed E-state index contributed by atoms with van der Waals surface area (Å²) in [6.07, 6.45) is 4.53. The van der Waals surface area contributed by atoms with Crippen LogP contribution in [-0.2, 0) is 16.0 Å². The number of Topliss-reactive ketones (excluding diaryl/α,β-unsaturated/α-hetero) is 1.